The smallest absolute Gasteiger partial charge is 0.370 e. The van der Waals surface area contributed by atoms with Crippen LogP contribution in [0.15, 0.2) is 30.6 Å². The van der Waals surface area contributed by atoms with Gasteiger partial charge in [0.25, 0.3) is 5.91 Å². The van der Waals surface area contributed by atoms with E-state index in [2.05, 4.69) is 15.3 Å². The van der Waals surface area contributed by atoms with Crippen LogP contribution in [0.3, 0.4) is 0 Å². The van der Waals surface area contributed by atoms with Gasteiger partial charge < -0.3 is 15.1 Å². The number of rotatable bonds is 5. The number of hydrogen-bond acceptors (Lipinski definition) is 4. The molecule has 174 valence electrons. The van der Waals surface area contributed by atoms with E-state index in [1.165, 1.54) is 12.5 Å². The number of likely N-dealkylation sites (tertiary alicyclic amines) is 1. The van der Waals surface area contributed by atoms with Crippen molar-refractivity contribution in [1.29, 1.82) is 0 Å². The maximum Gasteiger partial charge on any atom is 0.416 e. The summed E-state index contributed by atoms with van der Waals surface area (Å²) >= 11 is 0. The highest BCUT2D eigenvalue weighted by Crippen LogP contribution is 2.37. The molecule has 2 saturated heterocycles. The topological polar surface area (TPSA) is 53.4 Å². The van der Waals surface area contributed by atoms with Crippen LogP contribution in [0.5, 0.6) is 0 Å². The number of aromatic nitrogens is 2. The van der Waals surface area contributed by atoms with Crippen LogP contribution in [-0.4, -0.2) is 52.8 Å². The van der Waals surface area contributed by atoms with Gasteiger partial charge in [-0.2, -0.15) is 18.3 Å². The van der Waals surface area contributed by atoms with Crippen molar-refractivity contribution in [3.8, 4) is 0 Å². The molecule has 1 aromatic heterocycles. The number of nitrogens with zero attached hydrogens (tertiary/aromatic N) is 4. The fourth-order valence-corrected chi connectivity index (χ4v) is 4.35. The fourth-order valence-electron chi connectivity index (χ4n) is 4.35. The summed E-state index contributed by atoms with van der Waals surface area (Å²) in [7, 11) is 0. The molecule has 0 atom stereocenters. The molecule has 0 aliphatic carbocycles. The summed E-state index contributed by atoms with van der Waals surface area (Å²) in [4.78, 5) is 17.5. The first kappa shape index (κ1) is 22.6. The minimum atomic E-state index is -4.45. The largest absolute Gasteiger partial charge is 0.416 e. The van der Waals surface area contributed by atoms with Crippen molar-refractivity contribution >= 4 is 17.3 Å². The monoisotopic (exact) mass is 449 g/mol. The lowest BCUT2D eigenvalue weighted by Crippen LogP contribution is -2.50. The summed E-state index contributed by atoms with van der Waals surface area (Å²) in [6, 6.07) is 4.04. The van der Waals surface area contributed by atoms with Crippen molar-refractivity contribution in [3.63, 3.8) is 0 Å². The quantitative estimate of drug-likeness (QED) is 0.741. The van der Waals surface area contributed by atoms with Gasteiger partial charge in [0.05, 0.1) is 23.1 Å². The summed E-state index contributed by atoms with van der Waals surface area (Å²) in [5.41, 5.74) is 0.0205. The highest BCUT2D eigenvalue weighted by atomic mass is 19.4. The SMILES string of the molecule is Cc1cnn(C(C)(C)C(=O)Nc2ccc(C(F)(F)F)cc2N2CCC(N3CCC3)CC2)c1. The van der Waals surface area contributed by atoms with E-state index >= 15 is 0 Å². The van der Waals surface area contributed by atoms with Gasteiger partial charge in [-0.3, -0.25) is 9.48 Å². The molecule has 0 bridgehead atoms. The molecule has 6 nitrogen and oxygen atoms in total. The Labute approximate surface area is 186 Å². The van der Waals surface area contributed by atoms with Gasteiger partial charge >= 0.3 is 6.18 Å². The van der Waals surface area contributed by atoms with Gasteiger partial charge in [0.15, 0.2) is 0 Å². The first-order chi connectivity index (χ1) is 15.1. The van der Waals surface area contributed by atoms with E-state index < -0.39 is 17.3 Å². The molecule has 1 N–H and O–H groups in total. The standard InChI is InChI=1S/C23H30F3N5O/c1-16-14-27-31(15-16)22(2,3)21(32)28-19-6-5-17(23(24,25)26)13-20(19)30-11-7-18(8-12-30)29-9-4-10-29/h5-6,13-15,18H,4,7-12H2,1-3H3,(H,28,32). The van der Waals surface area contributed by atoms with E-state index in [9.17, 15) is 18.0 Å². The first-order valence-corrected chi connectivity index (χ1v) is 11.1. The molecule has 0 spiro atoms. The van der Waals surface area contributed by atoms with E-state index in [1.54, 1.807) is 30.9 Å². The molecule has 0 unspecified atom stereocenters. The van der Waals surface area contributed by atoms with Crippen molar-refractivity contribution in [3.05, 3.63) is 41.7 Å². The fraction of sp³-hybridized carbons (Fsp3) is 0.565. The molecule has 2 aliphatic heterocycles. The number of piperidine rings is 1. The van der Waals surface area contributed by atoms with E-state index in [0.29, 0.717) is 30.5 Å². The summed E-state index contributed by atoms with van der Waals surface area (Å²) in [5, 5.41) is 7.11. The Kier molecular flexibility index (Phi) is 5.96. The number of halogens is 3. The van der Waals surface area contributed by atoms with Gasteiger partial charge in [0.1, 0.15) is 5.54 Å². The Hall–Kier alpha value is -2.55. The third-order valence-corrected chi connectivity index (χ3v) is 6.63. The maximum atomic E-state index is 13.4. The summed E-state index contributed by atoms with van der Waals surface area (Å²) in [5.74, 6) is -0.336. The van der Waals surface area contributed by atoms with Crippen LogP contribution in [0.1, 0.15) is 44.2 Å². The van der Waals surface area contributed by atoms with Gasteiger partial charge in [-0.15, -0.1) is 0 Å². The third-order valence-electron chi connectivity index (χ3n) is 6.63. The van der Waals surface area contributed by atoms with Gasteiger partial charge in [0, 0.05) is 25.3 Å². The zero-order valence-corrected chi connectivity index (χ0v) is 18.7. The minimum Gasteiger partial charge on any atom is -0.370 e. The molecule has 2 aromatic rings. The molecule has 4 rings (SSSR count). The molecule has 9 heteroatoms. The number of alkyl halides is 3. The molecule has 0 radical (unpaired) electrons. The Bertz CT molecular complexity index is 972. The second-order valence-electron chi connectivity index (χ2n) is 9.31. The minimum absolute atomic E-state index is 0.336. The number of carbonyl (C=O) groups is 1. The molecular formula is C23H30F3N5O. The number of amides is 1. The van der Waals surface area contributed by atoms with Gasteiger partial charge in [0.2, 0.25) is 0 Å². The molecule has 1 amide bonds. The van der Waals surface area contributed by atoms with E-state index in [1.807, 2.05) is 11.8 Å². The predicted octanol–water partition coefficient (Wildman–Crippen LogP) is 4.26. The number of benzene rings is 1. The van der Waals surface area contributed by atoms with Gasteiger partial charge in [-0.1, -0.05) is 0 Å². The van der Waals surface area contributed by atoms with Gasteiger partial charge in [-0.05, 0) is 76.9 Å². The van der Waals surface area contributed by atoms with Crippen LogP contribution in [0, 0.1) is 6.92 Å². The number of anilines is 2. The van der Waals surface area contributed by atoms with Crippen molar-refractivity contribution < 1.29 is 18.0 Å². The highest BCUT2D eigenvalue weighted by Gasteiger charge is 2.35. The van der Waals surface area contributed by atoms with Crippen molar-refractivity contribution in [2.45, 2.75) is 57.8 Å². The number of hydrogen-bond donors (Lipinski definition) is 1. The maximum absolute atomic E-state index is 13.4. The Morgan fingerprint density at radius 2 is 1.81 bits per heavy atom. The average molecular weight is 450 g/mol. The summed E-state index contributed by atoms with van der Waals surface area (Å²) < 4.78 is 41.9. The van der Waals surface area contributed by atoms with Crippen LogP contribution in [0.25, 0.3) is 0 Å². The Balaban J connectivity index is 1.58. The molecule has 32 heavy (non-hydrogen) atoms. The average Bonchev–Trinajstić information content (AvgIpc) is 3.14. The predicted molar refractivity (Wildman–Crippen MR) is 118 cm³/mol. The van der Waals surface area contributed by atoms with Crippen LogP contribution >= 0.6 is 0 Å². The lowest BCUT2D eigenvalue weighted by Gasteiger charge is -2.44. The van der Waals surface area contributed by atoms with Crippen molar-refractivity contribution in [1.82, 2.24) is 14.7 Å². The zero-order chi connectivity index (χ0) is 23.1. The van der Waals surface area contributed by atoms with Crippen molar-refractivity contribution in [2.24, 2.45) is 0 Å². The van der Waals surface area contributed by atoms with Gasteiger partial charge in [-0.25, -0.2) is 0 Å². The summed E-state index contributed by atoms with van der Waals surface area (Å²) in [6.45, 7) is 8.89. The van der Waals surface area contributed by atoms with Crippen LogP contribution < -0.4 is 10.2 Å². The second-order valence-corrected chi connectivity index (χ2v) is 9.31. The molecule has 3 heterocycles. The first-order valence-electron chi connectivity index (χ1n) is 11.1. The van der Waals surface area contributed by atoms with E-state index in [0.717, 1.165) is 43.6 Å². The lowest BCUT2D eigenvalue weighted by molar-refractivity contribution is -0.137. The van der Waals surface area contributed by atoms with Crippen LogP contribution in [0.4, 0.5) is 24.5 Å². The normalized spacial score (nSPS) is 18.5. The number of aryl methyl sites for hydroxylation is 1. The third kappa shape index (κ3) is 4.48. The van der Waals surface area contributed by atoms with E-state index in [4.69, 9.17) is 0 Å². The lowest BCUT2D eigenvalue weighted by atomic mass is 9.98. The van der Waals surface area contributed by atoms with Crippen molar-refractivity contribution in [2.75, 3.05) is 36.4 Å². The Morgan fingerprint density at radius 3 is 2.34 bits per heavy atom. The Morgan fingerprint density at radius 1 is 1.12 bits per heavy atom. The zero-order valence-electron chi connectivity index (χ0n) is 18.7. The molecular weight excluding hydrogens is 419 g/mol. The van der Waals surface area contributed by atoms with E-state index in [-0.39, 0.29) is 5.91 Å². The molecule has 2 aliphatic rings. The molecule has 2 fully saturated rings. The second kappa shape index (κ2) is 8.42. The molecule has 1 aromatic carbocycles. The van der Waals surface area contributed by atoms with Crippen LogP contribution in [-0.2, 0) is 16.5 Å². The highest BCUT2D eigenvalue weighted by molar-refractivity contribution is 5.98. The molecule has 0 saturated carbocycles. The number of carbonyl (C=O) groups excluding carboxylic acids is 1. The summed E-state index contributed by atoms with van der Waals surface area (Å²) in [6.07, 6.45) is 2.02. The van der Waals surface area contributed by atoms with Crippen LogP contribution in [0.2, 0.25) is 0 Å². The number of nitrogens with one attached hydrogen (secondary N) is 1.